The second-order valence-electron chi connectivity index (χ2n) is 7.33. The molecule has 0 aliphatic carbocycles. The van der Waals surface area contributed by atoms with Crippen molar-refractivity contribution in [1.29, 1.82) is 0 Å². The van der Waals surface area contributed by atoms with Crippen LogP contribution in [-0.4, -0.2) is 58.5 Å². The number of rotatable bonds is 5. The van der Waals surface area contributed by atoms with Crippen molar-refractivity contribution in [3.05, 3.63) is 67.1 Å². The van der Waals surface area contributed by atoms with Gasteiger partial charge in [0.15, 0.2) is 0 Å². The Balaban J connectivity index is 1.23. The molecule has 1 aliphatic heterocycles. The average Bonchev–Trinajstić information content (AvgIpc) is 3.29. The van der Waals surface area contributed by atoms with Crippen molar-refractivity contribution in [3.8, 4) is 10.4 Å². The summed E-state index contributed by atoms with van der Waals surface area (Å²) in [4.78, 5) is 32.1. The first kappa shape index (κ1) is 19.4. The number of fused-ring (bicyclic) bond motifs is 1. The molecule has 1 fully saturated rings. The van der Waals surface area contributed by atoms with Crippen molar-refractivity contribution in [3.63, 3.8) is 0 Å². The first-order valence-corrected chi connectivity index (χ1v) is 11.1. The largest absolute Gasteiger partial charge is 0.360 e. The van der Waals surface area contributed by atoms with E-state index in [0.29, 0.717) is 18.9 Å². The van der Waals surface area contributed by atoms with E-state index in [1.807, 2.05) is 41.3 Å². The van der Waals surface area contributed by atoms with Crippen molar-refractivity contribution in [2.24, 2.45) is 0 Å². The van der Waals surface area contributed by atoms with Gasteiger partial charge in [0.25, 0.3) is 0 Å². The monoisotopic (exact) mass is 430 g/mol. The summed E-state index contributed by atoms with van der Waals surface area (Å²) in [7, 11) is 0. The van der Waals surface area contributed by atoms with Crippen LogP contribution in [0, 0.1) is 0 Å². The number of piperazine rings is 1. The van der Waals surface area contributed by atoms with Gasteiger partial charge in [-0.05, 0) is 23.8 Å². The number of hydrogen-bond donors (Lipinski definition) is 1. The van der Waals surface area contributed by atoms with Gasteiger partial charge in [0.05, 0.1) is 11.9 Å². The van der Waals surface area contributed by atoms with Gasteiger partial charge in [-0.1, -0.05) is 36.4 Å². The van der Waals surface area contributed by atoms with Gasteiger partial charge < -0.3 is 15.1 Å². The third kappa shape index (κ3) is 4.20. The van der Waals surface area contributed by atoms with E-state index < -0.39 is 0 Å². The van der Waals surface area contributed by atoms with E-state index in [9.17, 15) is 4.79 Å². The second-order valence-corrected chi connectivity index (χ2v) is 8.36. The summed E-state index contributed by atoms with van der Waals surface area (Å²) < 4.78 is 0. The van der Waals surface area contributed by atoms with E-state index in [2.05, 4.69) is 43.4 Å². The van der Waals surface area contributed by atoms with E-state index in [0.717, 1.165) is 39.6 Å². The molecule has 1 saturated heterocycles. The van der Waals surface area contributed by atoms with E-state index >= 15 is 0 Å². The Bertz CT molecular complexity index is 1170. The maximum absolute atomic E-state index is 12.8. The van der Waals surface area contributed by atoms with Gasteiger partial charge in [-0.25, -0.2) is 15.0 Å². The summed E-state index contributed by atoms with van der Waals surface area (Å²) in [6, 6.07) is 18.2. The maximum Gasteiger partial charge on any atom is 0.242 e. The fourth-order valence-corrected chi connectivity index (χ4v) is 4.74. The number of amides is 1. The van der Waals surface area contributed by atoms with Crippen molar-refractivity contribution in [1.82, 2.24) is 19.9 Å². The van der Waals surface area contributed by atoms with Gasteiger partial charge in [0.1, 0.15) is 22.8 Å². The molecule has 0 bridgehead atoms. The van der Waals surface area contributed by atoms with E-state index in [-0.39, 0.29) is 12.5 Å². The molecule has 3 aromatic heterocycles. The van der Waals surface area contributed by atoms with Crippen molar-refractivity contribution >= 4 is 39.1 Å². The van der Waals surface area contributed by atoms with Gasteiger partial charge in [-0.2, -0.15) is 0 Å². The zero-order valence-corrected chi connectivity index (χ0v) is 17.8. The fraction of sp³-hybridized carbons (Fsp3) is 0.217. The number of hydrogen-bond acceptors (Lipinski definition) is 7. The Morgan fingerprint density at radius 3 is 2.55 bits per heavy atom. The average molecular weight is 431 g/mol. The molecule has 1 aromatic carbocycles. The van der Waals surface area contributed by atoms with Crippen LogP contribution in [0.25, 0.3) is 20.7 Å². The van der Waals surface area contributed by atoms with Gasteiger partial charge in [0, 0.05) is 37.3 Å². The molecule has 156 valence electrons. The standard InChI is InChI=1S/C23H22N6OS/c30-21(29-12-10-28(11-13-29)20-8-4-5-9-24-20)15-25-22-18-14-19(17-6-2-1-3-7-17)31-23(18)27-16-26-22/h1-9,14,16H,10-13,15H2,(H,25,26,27). The number of carbonyl (C=O) groups excluding carboxylic acids is 1. The van der Waals surface area contributed by atoms with Crippen LogP contribution in [-0.2, 0) is 4.79 Å². The normalized spacial score (nSPS) is 14.1. The molecule has 5 rings (SSSR count). The third-order valence-electron chi connectivity index (χ3n) is 5.40. The Hall–Kier alpha value is -3.52. The summed E-state index contributed by atoms with van der Waals surface area (Å²) in [6.45, 7) is 3.16. The Morgan fingerprint density at radius 2 is 1.77 bits per heavy atom. The van der Waals surface area contributed by atoms with Crippen LogP contribution in [0.4, 0.5) is 11.6 Å². The molecular weight excluding hydrogens is 408 g/mol. The van der Waals surface area contributed by atoms with E-state index in [1.54, 1.807) is 23.9 Å². The lowest BCUT2D eigenvalue weighted by Gasteiger charge is -2.35. The molecule has 31 heavy (non-hydrogen) atoms. The minimum absolute atomic E-state index is 0.0749. The Labute approximate surface area is 184 Å². The van der Waals surface area contributed by atoms with Gasteiger partial charge in [-0.15, -0.1) is 11.3 Å². The highest BCUT2D eigenvalue weighted by Gasteiger charge is 2.22. The van der Waals surface area contributed by atoms with Crippen LogP contribution in [0.15, 0.2) is 67.1 Å². The maximum atomic E-state index is 12.8. The van der Waals surface area contributed by atoms with Crippen LogP contribution < -0.4 is 10.2 Å². The van der Waals surface area contributed by atoms with E-state index in [1.165, 1.54) is 0 Å². The first-order chi connectivity index (χ1) is 15.3. The minimum atomic E-state index is 0.0749. The Morgan fingerprint density at radius 1 is 0.968 bits per heavy atom. The summed E-state index contributed by atoms with van der Waals surface area (Å²) in [5.74, 6) is 1.73. The van der Waals surface area contributed by atoms with Crippen molar-refractivity contribution in [2.75, 3.05) is 42.9 Å². The number of nitrogens with one attached hydrogen (secondary N) is 1. The lowest BCUT2D eigenvalue weighted by atomic mass is 10.2. The van der Waals surface area contributed by atoms with Crippen LogP contribution in [0.2, 0.25) is 0 Å². The molecule has 8 heteroatoms. The number of carbonyl (C=O) groups is 1. The topological polar surface area (TPSA) is 74.2 Å². The molecule has 7 nitrogen and oxygen atoms in total. The zero-order chi connectivity index (χ0) is 21.0. The summed E-state index contributed by atoms with van der Waals surface area (Å²) in [6.07, 6.45) is 3.35. The summed E-state index contributed by atoms with van der Waals surface area (Å²) in [5, 5.41) is 4.17. The lowest BCUT2D eigenvalue weighted by Crippen LogP contribution is -2.50. The number of nitrogens with zero attached hydrogens (tertiary/aromatic N) is 5. The van der Waals surface area contributed by atoms with Crippen LogP contribution in [0.3, 0.4) is 0 Å². The van der Waals surface area contributed by atoms with E-state index in [4.69, 9.17) is 0 Å². The summed E-state index contributed by atoms with van der Waals surface area (Å²) >= 11 is 1.63. The number of anilines is 2. The highest BCUT2D eigenvalue weighted by Crippen LogP contribution is 2.34. The number of aromatic nitrogens is 3. The third-order valence-corrected chi connectivity index (χ3v) is 6.49. The zero-order valence-electron chi connectivity index (χ0n) is 16.9. The van der Waals surface area contributed by atoms with Crippen molar-refractivity contribution < 1.29 is 4.79 Å². The van der Waals surface area contributed by atoms with Crippen LogP contribution in [0.5, 0.6) is 0 Å². The molecule has 0 spiro atoms. The predicted octanol–water partition coefficient (Wildman–Crippen LogP) is 3.51. The number of thiophene rings is 1. The van der Waals surface area contributed by atoms with Crippen LogP contribution in [0.1, 0.15) is 0 Å². The molecule has 0 unspecified atom stereocenters. The number of benzene rings is 1. The highest BCUT2D eigenvalue weighted by molar-refractivity contribution is 7.21. The molecule has 0 radical (unpaired) electrons. The predicted molar refractivity (Wildman–Crippen MR) is 124 cm³/mol. The molecule has 4 aromatic rings. The molecule has 1 aliphatic rings. The fourth-order valence-electron chi connectivity index (χ4n) is 3.74. The first-order valence-electron chi connectivity index (χ1n) is 10.3. The van der Waals surface area contributed by atoms with Crippen LogP contribution >= 0.6 is 11.3 Å². The van der Waals surface area contributed by atoms with Gasteiger partial charge in [0.2, 0.25) is 5.91 Å². The Kier molecular flexibility index (Phi) is 5.45. The quantitative estimate of drug-likeness (QED) is 0.522. The van der Waals surface area contributed by atoms with Crippen molar-refractivity contribution in [2.45, 2.75) is 0 Å². The number of pyridine rings is 1. The smallest absolute Gasteiger partial charge is 0.242 e. The second kappa shape index (κ2) is 8.69. The SMILES string of the molecule is O=C(CNc1ncnc2sc(-c3ccccc3)cc12)N1CCN(c2ccccn2)CC1. The molecule has 0 saturated carbocycles. The molecule has 1 amide bonds. The molecule has 1 N–H and O–H groups in total. The lowest BCUT2D eigenvalue weighted by molar-refractivity contribution is -0.129. The minimum Gasteiger partial charge on any atom is -0.360 e. The molecule has 4 heterocycles. The highest BCUT2D eigenvalue weighted by atomic mass is 32.1. The van der Waals surface area contributed by atoms with Gasteiger partial charge >= 0.3 is 0 Å². The molecule has 0 atom stereocenters. The summed E-state index contributed by atoms with van der Waals surface area (Å²) in [5.41, 5.74) is 1.15. The molecular formula is C23H22N6OS. The van der Waals surface area contributed by atoms with Gasteiger partial charge in [-0.3, -0.25) is 4.79 Å².